The summed E-state index contributed by atoms with van der Waals surface area (Å²) in [7, 11) is 0. The molecule has 1 fully saturated rings. The van der Waals surface area contributed by atoms with Crippen molar-refractivity contribution in [3.05, 3.63) is 0 Å². The van der Waals surface area contributed by atoms with E-state index in [0.717, 1.165) is 25.8 Å². The monoisotopic (exact) mass is 171 g/mol. The molecule has 1 atom stereocenters. The molecule has 0 saturated carbocycles. The maximum Gasteiger partial charge on any atom is 0.330 e. The number of carbonyl (C=O) groups is 2. The van der Waals surface area contributed by atoms with Crippen molar-refractivity contribution in [1.82, 2.24) is 5.32 Å². The molecule has 1 heterocycles. The molecule has 0 radical (unpaired) electrons. The van der Waals surface area contributed by atoms with Gasteiger partial charge in [-0.1, -0.05) is 6.42 Å². The van der Waals surface area contributed by atoms with Crippen LogP contribution in [0.25, 0.3) is 0 Å². The molecule has 4 heteroatoms. The third kappa shape index (κ3) is 2.62. The Labute approximate surface area is 71.3 Å². The minimum Gasteiger partial charge on any atom is -0.392 e. The molecule has 1 aliphatic heterocycles. The van der Waals surface area contributed by atoms with Gasteiger partial charge in [-0.3, -0.25) is 4.79 Å². The van der Waals surface area contributed by atoms with Crippen LogP contribution in [0.2, 0.25) is 0 Å². The van der Waals surface area contributed by atoms with Gasteiger partial charge in [-0.15, -0.1) is 0 Å². The zero-order valence-electron chi connectivity index (χ0n) is 7.13. The van der Waals surface area contributed by atoms with Gasteiger partial charge in [0, 0.05) is 6.92 Å². The molecule has 0 aromatic carbocycles. The van der Waals surface area contributed by atoms with Crippen molar-refractivity contribution < 1.29 is 14.3 Å². The third-order valence-electron chi connectivity index (χ3n) is 1.84. The van der Waals surface area contributed by atoms with Crippen molar-refractivity contribution in [1.29, 1.82) is 0 Å². The van der Waals surface area contributed by atoms with E-state index in [-0.39, 0.29) is 6.04 Å². The summed E-state index contributed by atoms with van der Waals surface area (Å²) in [6.07, 6.45) is 2.88. The maximum absolute atomic E-state index is 11.1. The van der Waals surface area contributed by atoms with Gasteiger partial charge in [-0.05, 0) is 19.4 Å². The summed E-state index contributed by atoms with van der Waals surface area (Å²) in [6.45, 7) is 2.07. The summed E-state index contributed by atoms with van der Waals surface area (Å²) < 4.78 is 4.45. The summed E-state index contributed by atoms with van der Waals surface area (Å²) >= 11 is 0. The fourth-order valence-corrected chi connectivity index (χ4v) is 1.27. The highest BCUT2D eigenvalue weighted by atomic mass is 16.6. The van der Waals surface area contributed by atoms with Gasteiger partial charge in [-0.2, -0.15) is 0 Å². The number of carbonyl (C=O) groups excluding carboxylic acids is 2. The van der Waals surface area contributed by atoms with E-state index >= 15 is 0 Å². The fourth-order valence-electron chi connectivity index (χ4n) is 1.27. The Hall–Kier alpha value is -0.900. The molecule has 1 aliphatic rings. The molecule has 0 aliphatic carbocycles. The molecule has 1 N–H and O–H groups in total. The van der Waals surface area contributed by atoms with Gasteiger partial charge in [0.15, 0.2) is 0 Å². The van der Waals surface area contributed by atoms with Crippen LogP contribution in [-0.4, -0.2) is 24.5 Å². The van der Waals surface area contributed by atoms with E-state index in [2.05, 4.69) is 10.1 Å². The minimum absolute atomic E-state index is 0.275. The molecule has 1 rings (SSSR count). The highest BCUT2D eigenvalue weighted by molar-refractivity contribution is 5.87. The largest absolute Gasteiger partial charge is 0.392 e. The quantitative estimate of drug-likeness (QED) is 0.453. The lowest BCUT2D eigenvalue weighted by Crippen LogP contribution is -2.41. The van der Waals surface area contributed by atoms with Gasteiger partial charge in [0.05, 0.1) is 0 Å². The number of esters is 2. The van der Waals surface area contributed by atoms with E-state index < -0.39 is 11.9 Å². The van der Waals surface area contributed by atoms with Crippen molar-refractivity contribution in [2.45, 2.75) is 32.2 Å². The van der Waals surface area contributed by atoms with E-state index in [9.17, 15) is 9.59 Å². The van der Waals surface area contributed by atoms with Crippen molar-refractivity contribution in [3.8, 4) is 0 Å². The van der Waals surface area contributed by atoms with Crippen LogP contribution >= 0.6 is 0 Å². The van der Waals surface area contributed by atoms with Crippen molar-refractivity contribution in [2.24, 2.45) is 0 Å². The number of rotatable bonds is 1. The standard InChI is InChI=1S/C8H13NO3/c1-6(10)12-8(11)7-4-2-3-5-9-7/h7,9H,2-5H2,1H3. The molecule has 1 unspecified atom stereocenters. The molecule has 0 bridgehead atoms. The summed E-state index contributed by atoms with van der Waals surface area (Å²) in [5.41, 5.74) is 0. The zero-order valence-corrected chi connectivity index (χ0v) is 7.13. The number of piperidine rings is 1. The van der Waals surface area contributed by atoms with Crippen LogP contribution in [0.5, 0.6) is 0 Å². The lowest BCUT2D eigenvalue weighted by molar-refractivity contribution is -0.160. The smallest absolute Gasteiger partial charge is 0.330 e. The van der Waals surface area contributed by atoms with Gasteiger partial charge in [0.25, 0.3) is 0 Å². The van der Waals surface area contributed by atoms with Crippen molar-refractivity contribution in [3.63, 3.8) is 0 Å². The Morgan fingerprint density at radius 3 is 2.67 bits per heavy atom. The van der Waals surface area contributed by atoms with Crippen LogP contribution in [0.15, 0.2) is 0 Å². The second kappa shape index (κ2) is 4.21. The predicted molar refractivity (Wildman–Crippen MR) is 42.4 cm³/mol. The molecule has 0 aromatic rings. The maximum atomic E-state index is 11.1. The van der Waals surface area contributed by atoms with Gasteiger partial charge >= 0.3 is 11.9 Å². The first-order valence-corrected chi connectivity index (χ1v) is 4.16. The second-order valence-corrected chi connectivity index (χ2v) is 2.92. The van der Waals surface area contributed by atoms with E-state index in [0.29, 0.717) is 0 Å². The van der Waals surface area contributed by atoms with Gasteiger partial charge in [0.1, 0.15) is 6.04 Å². The fraction of sp³-hybridized carbons (Fsp3) is 0.750. The van der Waals surface area contributed by atoms with Crippen LogP contribution < -0.4 is 5.32 Å². The first-order chi connectivity index (χ1) is 5.70. The van der Waals surface area contributed by atoms with Crippen LogP contribution in [0, 0.1) is 0 Å². The molecule has 1 saturated heterocycles. The lowest BCUT2D eigenvalue weighted by atomic mass is 10.1. The number of nitrogens with one attached hydrogen (secondary N) is 1. The first-order valence-electron chi connectivity index (χ1n) is 4.16. The molecule has 0 spiro atoms. The van der Waals surface area contributed by atoms with E-state index in [4.69, 9.17) is 0 Å². The molecular formula is C8H13NO3. The number of hydrogen-bond acceptors (Lipinski definition) is 4. The Balaban J connectivity index is 2.34. The Morgan fingerprint density at radius 2 is 2.17 bits per heavy atom. The predicted octanol–water partition coefficient (Wildman–Crippen LogP) is 0.218. The molecule has 0 aromatic heterocycles. The van der Waals surface area contributed by atoms with Gasteiger partial charge < -0.3 is 10.1 Å². The molecule has 68 valence electrons. The SMILES string of the molecule is CC(=O)OC(=O)C1CCCCN1. The molecule has 12 heavy (non-hydrogen) atoms. The average Bonchev–Trinajstić information content (AvgIpc) is 2.05. The normalized spacial score (nSPS) is 23.2. The minimum atomic E-state index is -0.535. The highest BCUT2D eigenvalue weighted by Gasteiger charge is 2.22. The Morgan fingerprint density at radius 1 is 1.42 bits per heavy atom. The van der Waals surface area contributed by atoms with Crippen LogP contribution in [0.1, 0.15) is 26.2 Å². The Kier molecular flexibility index (Phi) is 3.22. The van der Waals surface area contributed by atoms with E-state index in [1.807, 2.05) is 0 Å². The Bertz CT molecular complexity index is 185. The summed E-state index contributed by atoms with van der Waals surface area (Å²) in [5, 5.41) is 3.00. The second-order valence-electron chi connectivity index (χ2n) is 2.92. The van der Waals surface area contributed by atoms with E-state index in [1.165, 1.54) is 6.92 Å². The van der Waals surface area contributed by atoms with Crippen LogP contribution in [0.3, 0.4) is 0 Å². The summed E-state index contributed by atoms with van der Waals surface area (Å²) in [5.74, 6) is -0.977. The lowest BCUT2D eigenvalue weighted by Gasteiger charge is -2.20. The van der Waals surface area contributed by atoms with Crippen molar-refractivity contribution in [2.75, 3.05) is 6.54 Å². The topological polar surface area (TPSA) is 55.4 Å². The highest BCUT2D eigenvalue weighted by Crippen LogP contribution is 2.07. The van der Waals surface area contributed by atoms with Gasteiger partial charge in [0.2, 0.25) is 0 Å². The van der Waals surface area contributed by atoms with Crippen LogP contribution in [0.4, 0.5) is 0 Å². The molecular weight excluding hydrogens is 158 g/mol. The van der Waals surface area contributed by atoms with Crippen molar-refractivity contribution >= 4 is 11.9 Å². The first kappa shape index (κ1) is 9.19. The summed E-state index contributed by atoms with van der Waals surface area (Å²) in [6, 6.07) is -0.275. The van der Waals surface area contributed by atoms with E-state index in [1.54, 1.807) is 0 Å². The number of hydrogen-bond donors (Lipinski definition) is 1. The number of ether oxygens (including phenoxy) is 1. The van der Waals surface area contributed by atoms with Crippen LogP contribution in [-0.2, 0) is 14.3 Å². The summed E-state index contributed by atoms with van der Waals surface area (Å²) in [4.78, 5) is 21.5. The molecule has 4 nitrogen and oxygen atoms in total. The molecule has 0 amide bonds. The zero-order chi connectivity index (χ0) is 8.97. The third-order valence-corrected chi connectivity index (χ3v) is 1.84. The average molecular weight is 171 g/mol. The van der Waals surface area contributed by atoms with Gasteiger partial charge in [-0.25, -0.2) is 4.79 Å².